The summed E-state index contributed by atoms with van der Waals surface area (Å²) >= 11 is 0. The van der Waals surface area contributed by atoms with Crippen LogP contribution in [0.3, 0.4) is 0 Å². The predicted molar refractivity (Wildman–Crippen MR) is 106 cm³/mol. The van der Waals surface area contributed by atoms with Crippen molar-refractivity contribution in [2.24, 2.45) is 23.2 Å². The summed E-state index contributed by atoms with van der Waals surface area (Å²) in [7, 11) is 1.52. The Balaban J connectivity index is 1.74. The van der Waals surface area contributed by atoms with Gasteiger partial charge in [0.15, 0.2) is 6.10 Å². The number of aliphatic carboxylic acids is 1. The first-order chi connectivity index (χ1) is 14.9. The number of carbonyl (C=O) groups excluding carboxylic acids is 2. The van der Waals surface area contributed by atoms with E-state index in [1.165, 1.54) is 21.0 Å². The maximum absolute atomic E-state index is 14.2. The Morgan fingerprint density at radius 2 is 1.72 bits per heavy atom. The molecule has 8 nitrogen and oxygen atoms in total. The molecule has 0 amide bonds. The highest BCUT2D eigenvalue weighted by atomic mass is 19.3. The SMILES string of the molecule is COCCOCC(=O)OC12CC3CC(C1)CC(C(=O)OC(C(C)C)C(F)(F)C(=O)O)(C3)C2. The van der Waals surface area contributed by atoms with E-state index in [1.807, 2.05) is 0 Å². The number of rotatable bonds is 11. The molecule has 182 valence electrons. The second-order valence-electron chi connectivity index (χ2n) is 9.94. The number of alkyl halides is 2. The number of carboxylic acid groups (broad SMARTS) is 1. The summed E-state index contributed by atoms with van der Waals surface area (Å²) in [5.74, 6) is -8.54. The van der Waals surface area contributed by atoms with Crippen molar-refractivity contribution in [3.05, 3.63) is 0 Å². The fourth-order valence-corrected chi connectivity index (χ4v) is 6.10. The quantitative estimate of drug-likeness (QED) is 0.369. The molecule has 0 heterocycles. The minimum atomic E-state index is -4.20. The van der Waals surface area contributed by atoms with Gasteiger partial charge in [-0.05, 0) is 49.9 Å². The normalized spacial score (nSPS) is 32.1. The van der Waals surface area contributed by atoms with E-state index in [0.717, 1.165) is 6.42 Å². The Bertz CT molecular complexity index is 723. The number of esters is 2. The van der Waals surface area contributed by atoms with E-state index in [2.05, 4.69) is 0 Å². The van der Waals surface area contributed by atoms with Crippen LogP contribution < -0.4 is 0 Å². The fraction of sp³-hybridized carbons (Fsp3) is 0.864. The second kappa shape index (κ2) is 9.21. The van der Waals surface area contributed by atoms with Gasteiger partial charge >= 0.3 is 23.8 Å². The van der Waals surface area contributed by atoms with Crippen LogP contribution in [0.5, 0.6) is 0 Å². The molecule has 0 saturated heterocycles. The van der Waals surface area contributed by atoms with Gasteiger partial charge in [0.25, 0.3) is 0 Å². The molecule has 0 radical (unpaired) electrons. The van der Waals surface area contributed by atoms with E-state index >= 15 is 0 Å². The van der Waals surface area contributed by atoms with Crippen molar-refractivity contribution in [2.45, 2.75) is 70.0 Å². The summed E-state index contributed by atoms with van der Waals surface area (Å²) < 4.78 is 49.6. The largest absolute Gasteiger partial charge is 0.477 e. The summed E-state index contributed by atoms with van der Waals surface area (Å²) in [4.78, 5) is 36.7. The Morgan fingerprint density at radius 3 is 2.25 bits per heavy atom. The zero-order valence-corrected chi connectivity index (χ0v) is 18.7. The van der Waals surface area contributed by atoms with Gasteiger partial charge in [0.1, 0.15) is 12.2 Å². The third-order valence-electron chi connectivity index (χ3n) is 6.90. The Kier molecular flexibility index (Phi) is 7.14. The number of carboxylic acids is 1. The molecule has 0 aromatic heterocycles. The molecule has 4 aliphatic carbocycles. The number of methoxy groups -OCH3 is 1. The summed E-state index contributed by atoms with van der Waals surface area (Å²) in [5, 5.41) is 8.93. The highest BCUT2D eigenvalue weighted by Gasteiger charge is 2.64. The van der Waals surface area contributed by atoms with E-state index in [9.17, 15) is 23.2 Å². The van der Waals surface area contributed by atoms with Gasteiger partial charge in [-0.15, -0.1) is 0 Å². The molecule has 0 aromatic rings. The molecule has 0 aliphatic heterocycles. The molecule has 0 spiro atoms. The molecule has 4 fully saturated rings. The molecule has 4 saturated carbocycles. The van der Waals surface area contributed by atoms with Gasteiger partial charge in [-0.1, -0.05) is 13.8 Å². The molecular formula is C22H32F2O8. The smallest absolute Gasteiger partial charge is 0.378 e. The molecule has 4 aliphatic rings. The average molecular weight is 462 g/mol. The van der Waals surface area contributed by atoms with Crippen LogP contribution in [0, 0.1) is 23.2 Å². The van der Waals surface area contributed by atoms with Crippen molar-refractivity contribution in [3.63, 3.8) is 0 Å². The maximum atomic E-state index is 14.2. The van der Waals surface area contributed by atoms with E-state index in [-0.39, 0.29) is 31.5 Å². The zero-order valence-electron chi connectivity index (χ0n) is 18.7. The van der Waals surface area contributed by atoms with E-state index in [4.69, 9.17) is 24.1 Å². The Hall–Kier alpha value is -1.81. The summed E-state index contributed by atoms with van der Waals surface area (Å²) in [5.41, 5.74) is -1.91. The molecule has 3 unspecified atom stereocenters. The monoisotopic (exact) mass is 462 g/mol. The molecule has 1 N–H and O–H groups in total. The highest BCUT2D eigenvalue weighted by molar-refractivity contribution is 5.80. The van der Waals surface area contributed by atoms with Crippen molar-refractivity contribution >= 4 is 17.9 Å². The van der Waals surface area contributed by atoms with Crippen LogP contribution in [0.1, 0.15) is 52.4 Å². The van der Waals surface area contributed by atoms with Gasteiger partial charge in [-0.3, -0.25) is 4.79 Å². The van der Waals surface area contributed by atoms with E-state index in [0.29, 0.717) is 32.3 Å². The number of halogens is 2. The van der Waals surface area contributed by atoms with Crippen LogP contribution >= 0.6 is 0 Å². The summed E-state index contributed by atoms with van der Waals surface area (Å²) in [6.07, 6.45) is 1.16. The molecule has 4 bridgehead atoms. The minimum Gasteiger partial charge on any atom is -0.477 e. The lowest BCUT2D eigenvalue weighted by atomic mass is 9.48. The lowest BCUT2D eigenvalue weighted by Crippen LogP contribution is -2.61. The van der Waals surface area contributed by atoms with Crippen LogP contribution in [-0.2, 0) is 33.3 Å². The van der Waals surface area contributed by atoms with E-state index in [1.54, 1.807) is 0 Å². The first-order valence-corrected chi connectivity index (χ1v) is 11.0. The van der Waals surface area contributed by atoms with Crippen LogP contribution in [-0.4, -0.2) is 67.6 Å². The number of carbonyl (C=O) groups is 3. The van der Waals surface area contributed by atoms with Gasteiger partial charge in [-0.25, -0.2) is 9.59 Å². The van der Waals surface area contributed by atoms with Crippen molar-refractivity contribution in [2.75, 3.05) is 26.9 Å². The first kappa shape index (κ1) is 24.8. The predicted octanol–water partition coefficient (Wildman–Crippen LogP) is 2.82. The van der Waals surface area contributed by atoms with Crippen LogP contribution in [0.4, 0.5) is 8.78 Å². The van der Waals surface area contributed by atoms with Crippen molar-refractivity contribution < 1.29 is 47.2 Å². The maximum Gasteiger partial charge on any atom is 0.378 e. The summed E-state index contributed by atoms with van der Waals surface area (Å²) in [6, 6.07) is 0. The van der Waals surface area contributed by atoms with Crippen LogP contribution in [0.2, 0.25) is 0 Å². The molecule has 3 atom stereocenters. The standard InChI is InChI=1S/C22H32F2O8/c1-13(2)17(22(23,24)18(26)27)31-19(28)20-7-14-6-15(8-20)10-21(9-14,12-20)32-16(25)11-30-5-4-29-3/h13-15,17H,4-12H2,1-3H3,(H,26,27). The number of ether oxygens (including phenoxy) is 4. The van der Waals surface area contributed by atoms with Gasteiger partial charge in [0.2, 0.25) is 0 Å². The van der Waals surface area contributed by atoms with E-state index < -0.39 is 46.9 Å². The molecule has 32 heavy (non-hydrogen) atoms. The third kappa shape index (κ3) is 4.90. The average Bonchev–Trinajstić information content (AvgIpc) is 2.67. The van der Waals surface area contributed by atoms with Crippen LogP contribution in [0.25, 0.3) is 0 Å². The Morgan fingerprint density at radius 1 is 1.09 bits per heavy atom. The van der Waals surface area contributed by atoms with Crippen molar-refractivity contribution in [1.29, 1.82) is 0 Å². The number of hydrogen-bond acceptors (Lipinski definition) is 7. The minimum absolute atomic E-state index is 0.114. The number of hydrogen-bond donors (Lipinski definition) is 1. The first-order valence-electron chi connectivity index (χ1n) is 11.0. The molecule has 0 aromatic carbocycles. The topological polar surface area (TPSA) is 108 Å². The molecule has 10 heteroatoms. The Labute approximate surface area is 185 Å². The van der Waals surface area contributed by atoms with Crippen molar-refractivity contribution in [3.8, 4) is 0 Å². The zero-order chi connectivity index (χ0) is 23.7. The fourth-order valence-electron chi connectivity index (χ4n) is 6.10. The lowest BCUT2D eigenvalue weighted by Gasteiger charge is -2.59. The molecular weight excluding hydrogens is 430 g/mol. The van der Waals surface area contributed by atoms with Gasteiger partial charge in [-0.2, -0.15) is 8.78 Å². The van der Waals surface area contributed by atoms with Gasteiger partial charge in [0.05, 0.1) is 18.6 Å². The van der Waals surface area contributed by atoms with Gasteiger partial charge in [0, 0.05) is 13.5 Å². The highest BCUT2D eigenvalue weighted by Crippen LogP contribution is 2.63. The lowest BCUT2D eigenvalue weighted by molar-refractivity contribution is -0.228. The van der Waals surface area contributed by atoms with Crippen molar-refractivity contribution in [1.82, 2.24) is 0 Å². The van der Waals surface area contributed by atoms with Crippen LogP contribution in [0.15, 0.2) is 0 Å². The summed E-state index contributed by atoms with van der Waals surface area (Å²) in [6.45, 7) is 3.13. The third-order valence-corrected chi connectivity index (χ3v) is 6.90. The van der Waals surface area contributed by atoms with Gasteiger partial charge < -0.3 is 24.1 Å². The molecule has 4 rings (SSSR count). The second-order valence-corrected chi connectivity index (χ2v) is 9.94.